The lowest BCUT2D eigenvalue weighted by molar-refractivity contribution is 0.0601. The molecule has 0 spiro atoms. The molecule has 1 aliphatic heterocycles. The van der Waals surface area contributed by atoms with Crippen LogP contribution in [0, 0.1) is 0 Å². The van der Waals surface area contributed by atoms with Gasteiger partial charge in [-0.15, -0.1) is 0 Å². The summed E-state index contributed by atoms with van der Waals surface area (Å²) in [6, 6.07) is 7.74. The van der Waals surface area contributed by atoms with Crippen LogP contribution >= 0.6 is 11.6 Å². The lowest BCUT2D eigenvalue weighted by Crippen LogP contribution is -2.52. The van der Waals surface area contributed by atoms with Gasteiger partial charge in [-0.3, -0.25) is 0 Å². The highest BCUT2D eigenvalue weighted by Gasteiger charge is 2.26. The molecule has 2 heterocycles. The molecule has 0 N–H and O–H groups in total. The largest absolute Gasteiger partial charge is 0.465 e. The molecule has 1 aromatic carbocycles. The second-order valence-electron chi connectivity index (χ2n) is 5.72. The van der Waals surface area contributed by atoms with Crippen LogP contribution in [0.3, 0.4) is 0 Å². The molecule has 126 valence electrons. The number of piperazine rings is 1. The van der Waals surface area contributed by atoms with Gasteiger partial charge in [-0.25, -0.2) is 14.8 Å². The van der Waals surface area contributed by atoms with Crippen molar-refractivity contribution < 1.29 is 9.53 Å². The zero-order valence-electron chi connectivity index (χ0n) is 13.6. The Kier molecular flexibility index (Phi) is 4.85. The fourth-order valence-electron chi connectivity index (χ4n) is 2.95. The number of benzene rings is 1. The maximum Gasteiger partial charge on any atom is 0.337 e. The molecule has 6 nitrogen and oxygen atoms in total. The number of methoxy groups -OCH3 is 1. The van der Waals surface area contributed by atoms with Gasteiger partial charge in [0.15, 0.2) is 5.82 Å². The molecule has 0 amide bonds. The van der Waals surface area contributed by atoms with Crippen LogP contribution in [-0.4, -0.2) is 48.7 Å². The molecule has 7 heteroatoms. The number of esters is 1. The van der Waals surface area contributed by atoms with Gasteiger partial charge in [0, 0.05) is 31.4 Å². The maximum absolute atomic E-state index is 11.5. The molecule has 3 rings (SSSR count). The molecule has 0 radical (unpaired) electrons. The Morgan fingerprint density at radius 3 is 2.67 bits per heavy atom. The summed E-state index contributed by atoms with van der Waals surface area (Å²) in [5.74, 6) is 0.456. The number of halogens is 1. The molecule has 0 saturated carbocycles. The normalized spacial score (nSPS) is 17.7. The number of ether oxygens (including phenoxy) is 1. The third-order valence-electron chi connectivity index (χ3n) is 4.20. The summed E-state index contributed by atoms with van der Waals surface area (Å²) in [6.07, 6.45) is 3.14. The van der Waals surface area contributed by atoms with E-state index in [0.29, 0.717) is 10.6 Å². The molecular weight excluding hydrogens is 328 g/mol. The predicted molar refractivity (Wildman–Crippen MR) is 93.8 cm³/mol. The smallest absolute Gasteiger partial charge is 0.337 e. The number of rotatable bonds is 3. The van der Waals surface area contributed by atoms with E-state index < -0.39 is 0 Å². The van der Waals surface area contributed by atoms with Crippen molar-refractivity contribution in [2.75, 3.05) is 36.5 Å². The molecule has 0 aliphatic carbocycles. The van der Waals surface area contributed by atoms with Gasteiger partial charge in [-0.05, 0) is 31.2 Å². The topological polar surface area (TPSA) is 58.6 Å². The van der Waals surface area contributed by atoms with Gasteiger partial charge in [0.05, 0.1) is 18.9 Å². The first kappa shape index (κ1) is 16.5. The summed E-state index contributed by atoms with van der Waals surface area (Å²) in [6.45, 7) is 4.66. The van der Waals surface area contributed by atoms with Crippen molar-refractivity contribution in [2.45, 2.75) is 13.0 Å². The van der Waals surface area contributed by atoms with E-state index >= 15 is 0 Å². The van der Waals surface area contributed by atoms with E-state index in [1.807, 2.05) is 12.1 Å². The Morgan fingerprint density at radius 2 is 2.04 bits per heavy atom. The molecule has 1 aromatic heterocycles. The highest BCUT2D eigenvalue weighted by molar-refractivity contribution is 6.32. The molecule has 1 unspecified atom stereocenters. The van der Waals surface area contributed by atoms with Crippen LogP contribution in [0.2, 0.25) is 5.02 Å². The first-order chi connectivity index (χ1) is 11.6. The van der Waals surface area contributed by atoms with E-state index in [4.69, 9.17) is 16.3 Å². The highest BCUT2D eigenvalue weighted by atomic mass is 35.5. The Balaban J connectivity index is 1.71. The van der Waals surface area contributed by atoms with Crippen molar-refractivity contribution in [1.82, 2.24) is 9.97 Å². The summed E-state index contributed by atoms with van der Waals surface area (Å²) in [7, 11) is 1.38. The van der Waals surface area contributed by atoms with Crippen LogP contribution in [0.4, 0.5) is 11.5 Å². The van der Waals surface area contributed by atoms with Crippen LogP contribution in [0.15, 0.2) is 36.8 Å². The molecule has 1 fully saturated rings. The molecule has 24 heavy (non-hydrogen) atoms. The van der Waals surface area contributed by atoms with E-state index in [0.717, 1.165) is 31.1 Å². The number of hydrogen-bond donors (Lipinski definition) is 0. The third-order valence-corrected chi connectivity index (χ3v) is 4.47. The summed E-state index contributed by atoms with van der Waals surface area (Å²) in [5.41, 5.74) is 1.64. The van der Waals surface area contributed by atoms with Gasteiger partial charge in [-0.1, -0.05) is 11.6 Å². The third kappa shape index (κ3) is 3.28. The Bertz CT molecular complexity index is 723. The fourth-order valence-corrected chi connectivity index (χ4v) is 3.16. The van der Waals surface area contributed by atoms with E-state index in [1.54, 1.807) is 18.3 Å². The Morgan fingerprint density at radius 1 is 1.29 bits per heavy atom. The summed E-state index contributed by atoms with van der Waals surface area (Å²) in [5, 5.41) is 0.570. The molecule has 1 aliphatic rings. The number of carbonyl (C=O) groups excluding carboxylic acids is 1. The SMILES string of the molecule is COC(=O)c1ccc(N2CCN(c3ncncc3Cl)C(C)C2)cc1. The first-order valence-corrected chi connectivity index (χ1v) is 8.13. The number of nitrogens with zero attached hydrogens (tertiary/aromatic N) is 4. The van der Waals surface area contributed by atoms with Gasteiger partial charge in [0.1, 0.15) is 11.3 Å². The minimum Gasteiger partial charge on any atom is -0.465 e. The second-order valence-corrected chi connectivity index (χ2v) is 6.13. The molecule has 1 saturated heterocycles. The van der Waals surface area contributed by atoms with Gasteiger partial charge in [-0.2, -0.15) is 0 Å². The van der Waals surface area contributed by atoms with E-state index in [1.165, 1.54) is 13.4 Å². The van der Waals surface area contributed by atoms with Crippen molar-refractivity contribution in [1.29, 1.82) is 0 Å². The van der Waals surface area contributed by atoms with Crippen molar-refractivity contribution in [2.24, 2.45) is 0 Å². The lowest BCUT2D eigenvalue weighted by atomic mass is 10.1. The Hall–Kier alpha value is -2.34. The quantitative estimate of drug-likeness (QED) is 0.796. The predicted octanol–water partition coefficient (Wildman–Crippen LogP) is 2.63. The minimum absolute atomic E-state index is 0.256. The monoisotopic (exact) mass is 346 g/mol. The zero-order chi connectivity index (χ0) is 17.1. The van der Waals surface area contributed by atoms with Crippen LogP contribution in [-0.2, 0) is 4.74 Å². The summed E-state index contributed by atoms with van der Waals surface area (Å²) < 4.78 is 4.73. The summed E-state index contributed by atoms with van der Waals surface area (Å²) >= 11 is 6.21. The fraction of sp³-hybridized carbons (Fsp3) is 0.353. The molecule has 0 bridgehead atoms. The van der Waals surface area contributed by atoms with Crippen LogP contribution < -0.4 is 9.80 Å². The van der Waals surface area contributed by atoms with Crippen LogP contribution in [0.25, 0.3) is 0 Å². The highest BCUT2D eigenvalue weighted by Crippen LogP contribution is 2.27. The number of aromatic nitrogens is 2. The van der Waals surface area contributed by atoms with Gasteiger partial charge < -0.3 is 14.5 Å². The first-order valence-electron chi connectivity index (χ1n) is 7.75. The minimum atomic E-state index is -0.321. The number of anilines is 2. The molecule has 2 aromatic rings. The standard InChI is InChI=1S/C17H19ClN4O2/c1-12-10-21(14-5-3-13(4-6-14)17(23)24-2)7-8-22(12)16-15(18)9-19-11-20-16/h3-6,9,11-12H,7-8,10H2,1-2H3. The second kappa shape index (κ2) is 7.05. The lowest BCUT2D eigenvalue weighted by Gasteiger charge is -2.41. The van der Waals surface area contributed by atoms with Crippen LogP contribution in [0.5, 0.6) is 0 Å². The zero-order valence-corrected chi connectivity index (χ0v) is 14.4. The van der Waals surface area contributed by atoms with Crippen molar-refractivity contribution in [3.8, 4) is 0 Å². The van der Waals surface area contributed by atoms with Crippen LogP contribution in [0.1, 0.15) is 17.3 Å². The van der Waals surface area contributed by atoms with Crippen molar-refractivity contribution in [3.05, 3.63) is 47.4 Å². The van der Waals surface area contributed by atoms with Crippen molar-refractivity contribution in [3.63, 3.8) is 0 Å². The van der Waals surface area contributed by atoms with Gasteiger partial charge in [0.25, 0.3) is 0 Å². The summed E-state index contributed by atoms with van der Waals surface area (Å²) in [4.78, 5) is 24.2. The van der Waals surface area contributed by atoms with E-state index in [2.05, 4.69) is 26.7 Å². The molecule has 1 atom stereocenters. The Labute approximate surface area is 146 Å². The van der Waals surface area contributed by atoms with Crippen molar-refractivity contribution >= 4 is 29.1 Å². The van der Waals surface area contributed by atoms with E-state index in [9.17, 15) is 4.79 Å². The molecular formula is C17H19ClN4O2. The average Bonchev–Trinajstić information content (AvgIpc) is 2.62. The van der Waals surface area contributed by atoms with Gasteiger partial charge in [0.2, 0.25) is 0 Å². The van der Waals surface area contributed by atoms with E-state index in [-0.39, 0.29) is 12.0 Å². The average molecular weight is 347 g/mol. The maximum atomic E-state index is 11.5. The number of hydrogen-bond acceptors (Lipinski definition) is 6. The number of carbonyl (C=O) groups is 1. The van der Waals surface area contributed by atoms with Gasteiger partial charge >= 0.3 is 5.97 Å².